The normalized spacial score (nSPS) is 10.4. The minimum absolute atomic E-state index is 0.0291. The van der Waals surface area contributed by atoms with Crippen molar-refractivity contribution >= 4 is 23.1 Å². The molecule has 1 N–H and O–H groups in total. The van der Waals surface area contributed by atoms with Crippen LogP contribution in [-0.2, 0) is 0 Å². The van der Waals surface area contributed by atoms with E-state index in [4.69, 9.17) is 14.1 Å². The number of aromatic nitrogens is 3. The van der Waals surface area contributed by atoms with E-state index in [1.807, 2.05) is 0 Å². The molecule has 3 aromatic rings. The monoisotopic (exact) mass is 245 g/mol. The molecule has 88 valence electrons. The fourth-order valence-corrected chi connectivity index (χ4v) is 1.36. The maximum atomic E-state index is 12.9. The molecule has 0 saturated heterocycles. The van der Waals surface area contributed by atoms with Crippen LogP contribution in [0, 0.1) is 17.1 Å². The average Bonchev–Trinajstić information content (AvgIpc) is 2.95. The lowest BCUT2D eigenvalue weighted by Gasteiger charge is -1.90. The second-order valence-corrected chi connectivity index (χ2v) is 3.28. The van der Waals surface area contributed by atoms with E-state index in [1.54, 1.807) is 6.07 Å². The van der Waals surface area contributed by atoms with Crippen LogP contribution in [0.5, 0.6) is 0 Å². The Balaban J connectivity index is 1.93. The quantitative estimate of drug-likeness (QED) is 0.736. The molecule has 3 rings (SSSR count). The number of rotatable bonds is 2. The van der Waals surface area contributed by atoms with E-state index in [1.165, 1.54) is 18.2 Å². The Kier molecular flexibility index (Phi) is 2.16. The Morgan fingerprint density at radius 1 is 1.22 bits per heavy atom. The third-order valence-corrected chi connectivity index (χ3v) is 2.08. The van der Waals surface area contributed by atoms with Gasteiger partial charge in [0.25, 0.3) is 0 Å². The predicted octanol–water partition coefficient (Wildman–Crippen LogP) is 1.97. The first-order chi connectivity index (χ1) is 8.74. The van der Waals surface area contributed by atoms with Crippen LogP contribution < -0.4 is 5.32 Å². The largest absolute Gasteiger partial charge is 0.423 e. The zero-order valence-electron chi connectivity index (χ0n) is 8.72. The van der Waals surface area contributed by atoms with Gasteiger partial charge >= 0.3 is 17.9 Å². The Labute approximate surface area is 98.9 Å². The fraction of sp³-hybridized carbons (Fsp3) is 0. The zero-order chi connectivity index (χ0) is 12.5. The van der Waals surface area contributed by atoms with Gasteiger partial charge in [0.15, 0.2) is 11.7 Å². The van der Waals surface area contributed by atoms with Crippen molar-refractivity contribution < 1.29 is 13.2 Å². The van der Waals surface area contributed by atoms with Gasteiger partial charge in [-0.3, -0.25) is 5.32 Å². The van der Waals surface area contributed by atoms with E-state index in [0.717, 1.165) is 0 Å². The van der Waals surface area contributed by atoms with Crippen molar-refractivity contribution in [3.05, 3.63) is 29.9 Å². The minimum Gasteiger partial charge on any atom is -0.423 e. The molecule has 0 saturated carbocycles. The molecule has 0 radical (unpaired) electrons. The Morgan fingerprint density at radius 3 is 2.89 bits per heavy atom. The summed E-state index contributed by atoms with van der Waals surface area (Å²) in [4.78, 5) is 3.98. The summed E-state index contributed by atoms with van der Waals surface area (Å²) >= 11 is 0. The van der Waals surface area contributed by atoms with Crippen molar-refractivity contribution in [3.8, 4) is 6.07 Å². The second kappa shape index (κ2) is 3.81. The number of hydrogen-bond acceptors (Lipinski definition) is 7. The molecular weight excluding hydrogens is 241 g/mol. The number of hydrogen-bond donors (Lipinski definition) is 1. The van der Waals surface area contributed by atoms with Gasteiger partial charge in [-0.1, -0.05) is 10.2 Å². The van der Waals surface area contributed by atoms with Crippen molar-refractivity contribution in [2.24, 2.45) is 0 Å². The van der Waals surface area contributed by atoms with Crippen LogP contribution in [0.25, 0.3) is 11.1 Å². The molecule has 2 heterocycles. The SMILES string of the molecule is N#Cc1nnc(Nc2nc3cc(F)ccc3o2)o1. The number of nitrogens with one attached hydrogen (secondary N) is 1. The lowest BCUT2D eigenvalue weighted by atomic mass is 10.3. The molecule has 0 aliphatic carbocycles. The summed E-state index contributed by atoms with van der Waals surface area (Å²) in [5.74, 6) is -0.591. The standard InChI is InChI=1S/C10H4FN5O2/c11-5-1-2-7-6(3-5)13-9(17-7)14-10-16-15-8(4-12)18-10/h1-3H,(H,13,14,16). The summed E-state index contributed by atoms with van der Waals surface area (Å²) in [6.45, 7) is 0. The van der Waals surface area contributed by atoms with Crippen LogP contribution >= 0.6 is 0 Å². The molecule has 0 aliphatic heterocycles. The van der Waals surface area contributed by atoms with Crippen molar-refractivity contribution in [2.75, 3.05) is 5.32 Å². The minimum atomic E-state index is -0.410. The van der Waals surface area contributed by atoms with E-state index in [-0.39, 0.29) is 17.9 Å². The molecule has 0 amide bonds. The summed E-state index contributed by atoms with van der Waals surface area (Å²) in [5, 5.41) is 18.1. The van der Waals surface area contributed by atoms with Gasteiger partial charge in [0.2, 0.25) is 0 Å². The number of halogens is 1. The van der Waals surface area contributed by atoms with Crippen molar-refractivity contribution in [3.63, 3.8) is 0 Å². The van der Waals surface area contributed by atoms with Crippen molar-refractivity contribution in [1.29, 1.82) is 5.26 Å². The first kappa shape index (κ1) is 10.2. The Hall–Kier alpha value is -2.95. The molecule has 0 unspecified atom stereocenters. The topological polar surface area (TPSA) is 101 Å². The second-order valence-electron chi connectivity index (χ2n) is 3.28. The maximum absolute atomic E-state index is 12.9. The highest BCUT2D eigenvalue weighted by Crippen LogP contribution is 2.21. The smallest absolute Gasteiger partial charge is 0.324 e. The Bertz CT molecular complexity index is 757. The van der Waals surface area contributed by atoms with E-state index >= 15 is 0 Å². The number of nitriles is 1. The van der Waals surface area contributed by atoms with Gasteiger partial charge < -0.3 is 8.83 Å². The van der Waals surface area contributed by atoms with Gasteiger partial charge in [-0.2, -0.15) is 10.2 Å². The molecular formula is C10H4FN5O2. The molecule has 2 aromatic heterocycles. The van der Waals surface area contributed by atoms with E-state index in [2.05, 4.69) is 20.5 Å². The summed E-state index contributed by atoms with van der Waals surface area (Å²) in [5.41, 5.74) is 0.774. The molecule has 0 spiro atoms. The molecule has 0 aliphatic rings. The van der Waals surface area contributed by atoms with Gasteiger partial charge in [-0.15, -0.1) is 0 Å². The van der Waals surface area contributed by atoms with Gasteiger partial charge in [0.1, 0.15) is 11.3 Å². The summed E-state index contributed by atoms with van der Waals surface area (Å²) in [6, 6.07) is 5.68. The molecule has 7 nitrogen and oxygen atoms in total. The number of nitrogens with zero attached hydrogens (tertiary/aromatic N) is 4. The maximum Gasteiger partial charge on any atom is 0.324 e. The third-order valence-electron chi connectivity index (χ3n) is 2.08. The van der Waals surface area contributed by atoms with E-state index in [0.29, 0.717) is 11.1 Å². The van der Waals surface area contributed by atoms with Gasteiger partial charge in [0, 0.05) is 6.07 Å². The Morgan fingerprint density at radius 2 is 2.11 bits per heavy atom. The number of benzene rings is 1. The number of fused-ring (bicyclic) bond motifs is 1. The highest BCUT2D eigenvalue weighted by molar-refractivity contribution is 5.74. The van der Waals surface area contributed by atoms with Crippen LogP contribution in [-0.4, -0.2) is 15.2 Å². The molecule has 0 atom stereocenters. The van der Waals surface area contributed by atoms with Gasteiger partial charge in [-0.05, 0) is 12.1 Å². The number of oxazole rings is 1. The van der Waals surface area contributed by atoms with Crippen LogP contribution in [0.1, 0.15) is 5.89 Å². The third kappa shape index (κ3) is 1.73. The predicted molar refractivity (Wildman–Crippen MR) is 56.3 cm³/mol. The van der Waals surface area contributed by atoms with Gasteiger partial charge in [-0.25, -0.2) is 4.39 Å². The molecule has 8 heteroatoms. The van der Waals surface area contributed by atoms with Crippen LogP contribution in [0.4, 0.5) is 16.4 Å². The van der Waals surface area contributed by atoms with Crippen LogP contribution in [0.3, 0.4) is 0 Å². The van der Waals surface area contributed by atoms with Crippen LogP contribution in [0.2, 0.25) is 0 Å². The number of anilines is 2. The van der Waals surface area contributed by atoms with E-state index in [9.17, 15) is 4.39 Å². The fourth-order valence-electron chi connectivity index (χ4n) is 1.36. The van der Waals surface area contributed by atoms with Crippen LogP contribution in [0.15, 0.2) is 27.0 Å². The summed E-state index contributed by atoms with van der Waals surface area (Å²) < 4.78 is 23.1. The lowest BCUT2D eigenvalue weighted by Crippen LogP contribution is -1.89. The zero-order valence-corrected chi connectivity index (χ0v) is 8.72. The molecule has 18 heavy (non-hydrogen) atoms. The summed E-state index contributed by atoms with van der Waals surface area (Å²) in [7, 11) is 0. The summed E-state index contributed by atoms with van der Waals surface area (Å²) in [6.07, 6.45) is 0. The molecule has 1 aromatic carbocycles. The first-order valence-corrected chi connectivity index (χ1v) is 4.81. The van der Waals surface area contributed by atoms with Gasteiger partial charge in [0.05, 0.1) is 0 Å². The lowest BCUT2D eigenvalue weighted by molar-refractivity contribution is 0.546. The van der Waals surface area contributed by atoms with Crippen molar-refractivity contribution in [2.45, 2.75) is 0 Å². The first-order valence-electron chi connectivity index (χ1n) is 4.81. The molecule has 0 bridgehead atoms. The highest BCUT2D eigenvalue weighted by atomic mass is 19.1. The van der Waals surface area contributed by atoms with Crippen molar-refractivity contribution in [1.82, 2.24) is 15.2 Å². The average molecular weight is 245 g/mol. The highest BCUT2D eigenvalue weighted by Gasteiger charge is 2.10. The van der Waals surface area contributed by atoms with E-state index < -0.39 is 5.82 Å². The molecule has 0 fully saturated rings.